The highest BCUT2D eigenvalue weighted by molar-refractivity contribution is 5.94. The number of aliphatic carboxylic acids is 1. The fourth-order valence-corrected chi connectivity index (χ4v) is 2.10. The second-order valence-electron chi connectivity index (χ2n) is 5.21. The molecule has 0 fully saturated rings. The summed E-state index contributed by atoms with van der Waals surface area (Å²) in [5, 5.41) is 14.1. The van der Waals surface area contributed by atoms with Crippen LogP contribution in [-0.4, -0.2) is 42.6 Å². The molecule has 7 heteroatoms. The number of carboxylic acids is 1. The van der Waals surface area contributed by atoms with Gasteiger partial charge in [-0.25, -0.2) is 4.79 Å². The van der Waals surface area contributed by atoms with Crippen molar-refractivity contribution in [1.29, 1.82) is 0 Å². The minimum absolute atomic E-state index is 0.0977. The van der Waals surface area contributed by atoms with E-state index in [1.54, 1.807) is 26.0 Å². The molecule has 3 N–H and O–H groups in total. The van der Waals surface area contributed by atoms with Gasteiger partial charge >= 0.3 is 5.97 Å². The number of carbonyl (C=O) groups excluding carboxylic acids is 2. The number of aryl methyl sites for hydroxylation is 2. The third-order valence-corrected chi connectivity index (χ3v) is 3.08. The lowest BCUT2D eigenvalue weighted by Crippen LogP contribution is -2.28. The monoisotopic (exact) mass is 322 g/mol. The van der Waals surface area contributed by atoms with Crippen molar-refractivity contribution in [3.8, 4) is 5.75 Å². The fraction of sp³-hybridized carbons (Fsp3) is 0.438. The molecule has 0 aliphatic rings. The number of nitrogens with one attached hydrogen (secondary N) is 2. The zero-order valence-electron chi connectivity index (χ0n) is 13.6. The standard InChI is InChI=1S/C16H22N2O5/c1-10-7-13(8-11(2)15(10)23-9-14(20)21)16(22)18-6-4-5-17-12(3)19/h7-8H,4-6,9H2,1-3H3,(H,17,19)(H,18,22)(H,20,21). The smallest absolute Gasteiger partial charge is 0.341 e. The van der Waals surface area contributed by atoms with E-state index in [0.717, 1.165) is 0 Å². The first-order valence-corrected chi connectivity index (χ1v) is 7.29. The average Bonchev–Trinajstić information content (AvgIpc) is 2.44. The van der Waals surface area contributed by atoms with Crippen molar-refractivity contribution in [1.82, 2.24) is 10.6 Å². The number of rotatable bonds is 8. The number of carbonyl (C=O) groups is 3. The largest absolute Gasteiger partial charge is 0.481 e. The average molecular weight is 322 g/mol. The molecule has 0 aliphatic carbocycles. The molecule has 1 aromatic carbocycles. The third-order valence-electron chi connectivity index (χ3n) is 3.08. The maximum Gasteiger partial charge on any atom is 0.341 e. The van der Waals surface area contributed by atoms with Crippen LogP contribution in [0.4, 0.5) is 0 Å². The number of benzene rings is 1. The number of hydrogen-bond donors (Lipinski definition) is 3. The van der Waals surface area contributed by atoms with Crippen molar-refractivity contribution in [2.24, 2.45) is 0 Å². The molecule has 0 unspecified atom stereocenters. The quantitative estimate of drug-likeness (QED) is 0.620. The van der Waals surface area contributed by atoms with Gasteiger partial charge in [-0.1, -0.05) is 0 Å². The molecule has 126 valence electrons. The number of hydrogen-bond acceptors (Lipinski definition) is 4. The lowest BCUT2D eigenvalue weighted by atomic mass is 10.1. The molecular formula is C16H22N2O5. The second-order valence-corrected chi connectivity index (χ2v) is 5.21. The van der Waals surface area contributed by atoms with Crippen molar-refractivity contribution in [2.75, 3.05) is 19.7 Å². The number of ether oxygens (including phenoxy) is 1. The van der Waals surface area contributed by atoms with Gasteiger partial charge in [0.05, 0.1) is 0 Å². The summed E-state index contributed by atoms with van der Waals surface area (Å²) >= 11 is 0. The van der Waals surface area contributed by atoms with Crippen LogP contribution in [0.5, 0.6) is 5.75 Å². The zero-order chi connectivity index (χ0) is 17.4. The van der Waals surface area contributed by atoms with Crippen LogP contribution in [0.3, 0.4) is 0 Å². The fourth-order valence-electron chi connectivity index (χ4n) is 2.10. The van der Waals surface area contributed by atoms with E-state index in [9.17, 15) is 14.4 Å². The van der Waals surface area contributed by atoms with Crippen LogP contribution in [0, 0.1) is 13.8 Å². The van der Waals surface area contributed by atoms with E-state index >= 15 is 0 Å². The Kier molecular flexibility index (Phi) is 7.05. The lowest BCUT2D eigenvalue weighted by molar-refractivity contribution is -0.139. The highest BCUT2D eigenvalue weighted by atomic mass is 16.5. The summed E-state index contributed by atoms with van der Waals surface area (Å²) in [6, 6.07) is 3.32. The highest BCUT2D eigenvalue weighted by Gasteiger charge is 2.12. The number of carboxylic acid groups (broad SMARTS) is 1. The molecule has 0 bridgehead atoms. The minimum atomic E-state index is -1.05. The van der Waals surface area contributed by atoms with Crippen LogP contribution in [0.25, 0.3) is 0 Å². The molecule has 1 aromatic rings. The summed E-state index contributed by atoms with van der Waals surface area (Å²) < 4.78 is 5.23. The summed E-state index contributed by atoms with van der Waals surface area (Å²) in [7, 11) is 0. The normalized spacial score (nSPS) is 10.0. The first-order chi connectivity index (χ1) is 10.8. The summed E-state index contributed by atoms with van der Waals surface area (Å²) in [6.07, 6.45) is 0.642. The van der Waals surface area contributed by atoms with Gasteiger partial charge in [0, 0.05) is 25.6 Å². The molecule has 2 amide bonds. The molecule has 0 aliphatic heterocycles. The molecule has 0 saturated heterocycles. The Morgan fingerprint density at radius 3 is 2.17 bits per heavy atom. The Morgan fingerprint density at radius 2 is 1.65 bits per heavy atom. The zero-order valence-corrected chi connectivity index (χ0v) is 13.6. The van der Waals surface area contributed by atoms with Crippen LogP contribution >= 0.6 is 0 Å². The molecule has 1 rings (SSSR count). The van der Waals surface area contributed by atoms with Gasteiger partial charge in [0.15, 0.2) is 6.61 Å². The van der Waals surface area contributed by atoms with E-state index in [4.69, 9.17) is 9.84 Å². The Bertz CT molecular complexity index is 575. The molecule has 0 heterocycles. The van der Waals surface area contributed by atoms with Gasteiger partial charge in [-0.3, -0.25) is 9.59 Å². The Morgan fingerprint density at radius 1 is 1.09 bits per heavy atom. The summed E-state index contributed by atoms with van der Waals surface area (Å²) in [5.74, 6) is -0.886. The van der Waals surface area contributed by atoms with E-state index in [-0.39, 0.29) is 11.8 Å². The summed E-state index contributed by atoms with van der Waals surface area (Å²) in [4.78, 5) is 33.4. The predicted molar refractivity (Wildman–Crippen MR) is 84.7 cm³/mol. The Hall–Kier alpha value is -2.57. The van der Waals surface area contributed by atoms with Gasteiger partial charge < -0.3 is 20.5 Å². The van der Waals surface area contributed by atoms with Crippen LogP contribution in [0.15, 0.2) is 12.1 Å². The second kappa shape index (κ2) is 8.77. The van der Waals surface area contributed by atoms with Crippen molar-refractivity contribution < 1.29 is 24.2 Å². The molecule has 0 saturated carbocycles. The van der Waals surface area contributed by atoms with Crippen molar-refractivity contribution in [3.05, 3.63) is 28.8 Å². The van der Waals surface area contributed by atoms with Crippen LogP contribution in [-0.2, 0) is 9.59 Å². The maximum atomic E-state index is 12.1. The van der Waals surface area contributed by atoms with Gasteiger partial charge in [-0.05, 0) is 43.5 Å². The van der Waals surface area contributed by atoms with Crippen molar-refractivity contribution in [3.63, 3.8) is 0 Å². The maximum absolute atomic E-state index is 12.1. The lowest BCUT2D eigenvalue weighted by Gasteiger charge is -2.13. The first kappa shape index (κ1) is 18.5. The summed E-state index contributed by atoms with van der Waals surface area (Å²) in [5.41, 5.74) is 1.89. The molecular weight excluding hydrogens is 300 g/mol. The van der Waals surface area contributed by atoms with Crippen molar-refractivity contribution >= 4 is 17.8 Å². The predicted octanol–water partition coefficient (Wildman–Crippen LogP) is 1.02. The Balaban J connectivity index is 2.61. The minimum Gasteiger partial charge on any atom is -0.481 e. The number of amides is 2. The molecule has 0 atom stereocenters. The third kappa shape index (κ3) is 6.37. The van der Waals surface area contributed by atoms with Crippen molar-refractivity contribution in [2.45, 2.75) is 27.2 Å². The van der Waals surface area contributed by atoms with Crippen LogP contribution in [0.1, 0.15) is 34.8 Å². The van der Waals surface area contributed by atoms with E-state index in [0.29, 0.717) is 42.0 Å². The molecule has 0 spiro atoms. The van der Waals surface area contributed by atoms with E-state index in [1.165, 1.54) is 6.92 Å². The van der Waals surface area contributed by atoms with Gasteiger partial charge in [0.25, 0.3) is 5.91 Å². The topological polar surface area (TPSA) is 105 Å². The van der Waals surface area contributed by atoms with Gasteiger partial charge in [0.2, 0.25) is 5.91 Å². The molecule has 0 aromatic heterocycles. The van der Waals surface area contributed by atoms with Crippen LogP contribution < -0.4 is 15.4 Å². The molecule has 7 nitrogen and oxygen atoms in total. The summed E-state index contributed by atoms with van der Waals surface area (Å²) in [6.45, 7) is 5.51. The van der Waals surface area contributed by atoms with Gasteiger partial charge in [0.1, 0.15) is 5.75 Å². The Labute approximate surface area is 135 Å². The van der Waals surface area contributed by atoms with E-state index in [1.807, 2.05) is 0 Å². The molecule has 0 radical (unpaired) electrons. The van der Waals surface area contributed by atoms with Crippen LogP contribution in [0.2, 0.25) is 0 Å². The van der Waals surface area contributed by atoms with E-state index < -0.39 is 12.6 Å². The van der Waals surface area contributed by atoms with Gasteiger partial charge in [-0.15, -0.1) is 0 Å². The molecule has 23 heavy (non-hydrogen) atoms. The van der Waals surface area contributed by atoms with Gasteiger partial charge in [-0.2, -0.15) is 0 Å². The SMILES string of the molecule is CC(=O)NCCCNC(=O)c1cc(C)c(OCC(=O)O)c(C)c1. The highest BCUT2D eigenvalue weighted by Crippen LogP contribution is 2.24. The van der Waals surface area contributed by atoms with E-state index in [2.05, 4.69) is 10.6 Å². The first-order valence-electron chi connectivity index (χ1n) is 7.29.